The zero-order chi connectivity index (χ0) is 9.14. The highest BCUT2D eigenvalue weighted by Gasteiger charge is 2.21. The van der Waals surface area contributed by atoms with Crippen LogP contribution < -0.4 is 11.1 Å². The van der Waals surface area contributed by atoms with Crippen LogP contribution in [-0.2, 0) is 9.59 Å². The molecule has 1 aliphatic heterocycles. The minimum Gasteiger partial charge on any atom is -0.394 e. The lowest BCUT2D eigenvalue weighted by Gasteiger charge is -2.12. The molecule has 1 heterocycles. The van der Waals surface area contributed by atoms with Gasteiger partial charge in [-0.3, -0.25) is 14.9 Å². The largest absolute Gasteiger partial charge is 0.394 e. The van der Waals surface area contributed by atoms with E-state index in [1.807, 2.05) is 0 Å². The third kappa shape index (κ3) is 1.81. The summed E-state index contributed by atoms with van der Waals surface area (Å²) in [5.74, 6) is -0.891. The Morgan fingerprint density at radius 1 is 1.58 bits per heavy atom. The molecule has 0 bridgehead atoms. The molecule has 5 nitrogen and oxygen atoms in total. The predicted molar refractivity (Wildman–Crippen MR) is 51.5 cm³/mol. The number of hydrogen-bond acceptors (Lipinski definition) is 4. The molecule has 0 aromatic carbocycles. The highest BCUT2D eigenvalue weighted by Crippen LogP contribution is 2.08. The molecule has 6 heteroatoms. The second-order valence-corrected chi connectivity index (χ2v) is 2.78. The van der Waals surface area contributed by atoms with Crippen molar-refractivity contribution < 1.29 is 9.59 Å². The van der Waals surface area contributed by atoms with Crippen LogP contribution in [0.25, 0.3) is 0 Å². The Bertz CT molecular complexity index is 295. The molecule has 0 fully saturated rings. The van der Waals surface area contributed by atoms with Crippen LogP contribution in [0.15, 0.2) is 14.5 Å². The first-order chi connectivity index (χ1) is 5.65. The highest BCUT2D eigenvalue weighted by atomic mass is 127. The van der Waals surface area contributed by atoms with E-state index in [2.05, 4.69) is 8.52 Å². The van der Waals surface area contributed by atoms with Crippen LogP contribution in [0.5, 0.6) is 0 Å². The number of imide groups is 1. The highest BCUT2D eigenvalue weighted by molar-refractivity contribution is 14.1. The van der Waals surface area contributed by atoms with Crippen molar-refractivity contribution in [2.45, 2.75) is 6.42 Å². The smallest absolute Gasteiger partial charge is 0.274 e. The molecule has 0 saturated carbocycles. The summed E-state index contributed by atoms with van der Waals surface area (Å²) < 4.78 is 3.65. The SMILES string of the molecule is NC1=C(C=NI)CC(=O)NC1=O. The average molecular weight is 279 g/mol. The molecule has 0 atom stereocenters. The van der Waals surface area contributed by atoms with E-state index in [0.29, 0.717) is 5.57 Å². The number of amides is 2. The van der Waals surface area contributed by atoms with E-state index in [0.717, 1.165) is 0 Å². The Kier molecular flexibility index (Phi) is 2.79. The Balaban J connectivity index is 3.00. The molecule has 0 aromatic heterocycles. The lowest BCUT2D eigenvalue weighted by Crippen LogP contribution is -2.39. The molecular weight excluding hydrogens is 273 g/mol. The van der Waals surface area contributed by atoms with Gasteiger partial charge in [-0.1, -0.05) is 0 Å². The van der Waals surface area contributed by atoms with Crippen LogP contribution in [0.1, 0.15) is 6.42 Å². The van der Waals surface area contributed by atoms with Crippen molar-refractivity contribution in [1.29, 1.82) is 0 Å². The molecule has 3 N–H and O–H groups in total. The number of carbonyl (C=O) groups excluding carboxylic acids is 2. The van der Waals surface area contributed by atoms with E-state index in [-0.39, 0.29) is 18.0 Å². The Labute approximate surface area is 82.6 Å². The lowest BCUT2D eigenvalue weighted by molar-refractivity contribution is -0.128. The fourth-order valence-electron chi connectivity index (χ4n) is 0.826. The van der Waals surface area contributed by atoms with Crippen LogP contribution in [0.2, 0.25) is 0 Å². The van der Waals surface area contributed by atoms with Crippen molar-refractivity contribution in [3.05, 3.63) is 11.3 Å². The predicted octanol–water partition coefficient (Wildman–Crippen LogP) is -0.334. The topological polar surface area (TPSA) is 84.5 Å². The summed E-state index contributed by atoms with van der Waals surface area (Å²) in [5.41, 5.74) is 5.93. The summed E-state index contributed by atoms with van der Waals surface area (Å²) in [6.45, 7) is 0. The van der Waals surface area contributed by atoms with Crippen molar-refractivity contribution in [1.82, 2.24) is 5.32 Å². The Hall–Kier alpha value is -0.920. The van der Waals surface area contributed by atoms with Gasteiger partial charge in [0, 0.05) is 11.8 Å². The van der Waals surface area contributed by atoms with Gasteiger partial charge in [0.25, 0.3) is 5.91 Å². The normalized spacial score (nSPS) is 18.8. The number of halogens is 1. The molecule has 0 saturated heterocycles. The molecule has 0 unspecified atom stereocenters. The second-order valence-electron chi connectivity index (χ2n) is 2.22. The zero-order valence-corrected chi connectivity index (χ0v) is 8.16. The zero-order valence-electron chi connectivity index (χ0n) is 6.00. The first kappa shape index (κ1) is 9.17. The molecule has 2 amide bonds. The van der Waals surface area contributed by atoms with Gasteiger partial charge in [-0.25, -0.2) is 3.21 Å². The Morgan fingerprint density at radius 3 is 2.83 bits per heavy atom. The maximum Gasteiger partial charge on any atom is 0.274 e. The molecule has 12 heavy (non-hydrogen) atoms. The van der Waals surface area contributed by atoms with Gasteiger partial charge in [0.05, 0.1) is 29.3 Å². The summed E-state index contributed by atoms with van der Waals surface area (Å²) in [5, 5.41) is 2.09. The standard InChI is InChI=1S/C6H6IN3O2/c7-9-2-3-1-4(11)10-6(12)5(3)8/h2H,1,8H2,(H,10,11,12). The molecule has 0 radical (unpaired) electrons. The van der Waals surface area contributed by atoms with Crippen molar-refractivity contribution in [2.75, 3.05) is 0 Å². The van der Waals surface area contributed by atoms with E-state index in [1.165, 1.54) is 6.21 Å². The third-order valence-corrected chi connectivity index (χ3v) is 1.68. The molecule has 0 aliphatic carbocycles. The maximum atomic E-state index is 10.9. The van der Waals surface area contributed by atoms with Crippen LogP contribution >= 0.6 is 22.9 Å². The molecule has 0 aromatic rings. The van der Waals surface area contributed by atoms with E-state index in [1.54, 1.807) is 22.9 Å². The first-order valence-electron chi connectivity index (χ1n) is 3.12. The molecule has 0 spiro atoms. The Morgan fingerprint density at radius 2 is 2.25 bits per heavy atom. The number of carbonyl (C=O) groups is 2. The van der Waals surface area contributed by atoms with E-state index in [4.69, 9.17) is 5.73 Å². The van der Waals surface area contributed by atoms with Gasteiger partial charge < -0.3 is 5.73 Å². The molecular formula is C6H6IN3O2. The van der Waals surface area contributed by atoms with E-state index >= 15 is 0 Å². The quantitative estimate of drug-likeness (QED) is 0.391. The maximum absolute atomic E-state index is 10.9. The van der Waals surface area contributed by atoms with Crippen molar-refractivity contribution in [2.24, 2.45) is 8.94 Å². The summed E-state index contributed by atoms with van der Waals surface area (Å²) in [6, 6.07) is 0. The first-order valence-corrected chi connectivity index (χ1v) is 4.08. The van der Waals surface area contributed by atoms with Crippen molar-refractivity contribution in [3.63, 3.8) is 0 Å². The van der Waals surface area contributed by atoms with Gasteiger partial charge in [0.1, 0.15) is 5.70 Å². The average Bonchev–Trinajstić information content (AvgIpc) is 2.00. The van der Waals surface area contributed by atoms with Gasteiger partial charge in [-0.05, 0) is 0 Å². The number of hydrogen-bond donors (Lipinski definition) is 2. The summed E-state index contributed by atoms with van der Waals surface area (Å²) in [4.78, 5) is 21.7. The van der Waals surface area contributed by atoms with Crippen LogP contribution in [0.3, 0.4) is 0 Å². The van der Waals surface area contributed by atoms with Gasteiger partial charge >= 0.3 is 0 Å². The van der Waals surface area contributed by atoms with E-state index in [9.17, 15) is 9.59 Å². The molecule has 1 aliphatic rings. The van der Waals surface area contributed by atoms with Crippen LogP contribution in [0.4, 0.5) is 0 Å². The minimum absolute atomic E-state index is 0.0648. The van der Waals surface area contributed by atoms with E-state index < -0.39 is 5.91 Å². The fraction of sp³-hybridized carbons (Fsp3) is 0.167. The van der Waals surface area contributed by atoms with Crippen LogP contribution in [0, 0.1) is 0 Å². The summed E-state index contributed by atoms with van der Waals surface area (Å²) in [6.07, 6.45) is 1.52. The monoisotopic (exact) mass is 279 g/mol. The van der Waals surface area contributed by atoms with Gasteiger partial charge in [-0.15, -0.1) is 0 Å². The van der Waals surface area contributed by atoms with Gasteiger partial charge in [0.2, 0.25) is 5.91 Å². The number of nitrogens with one attached hydrogen (secondary N) is 1. The lowest BCUT2D eigenvalue weighted by atomic mass is 10.1. The van der Waals surface area contributed by atoms with Crippen molar-refractivity contribution >= 4 is 40.9 Å². The number of rotatable bonds is 1. The van der Waals surface area contributed by atoms with Crippen LogP contribution in [-0.4, -0.2) is 18.0 Å². The minimum atomic E-state index is -0.544. The van der Waals surface area contributed by atoms with Gasteiger partial charge in [0.15, 0.2) is 0 Å². The van der Waals surface area contributed by atoms with Crippen molar-refractivity contribution in [3.8, 4) is 0 Å². The molecule has 1 rings (SSSR count). The summed E-state index contributed by atoms with van der Waals surface area (Å²) in [7, 11) is 0. The second kappa shape index (κ2) is 3.65. The van der Waals surface area contributed by atoms with Gasteiger partial charge in [-0.2, -0.15) is 0 Å². The summed E-state index contributed by atoms with van der Waals surface area (Å²) >= 11 is 1.75. The fourth-order valence-corrected chi connectivity index (χ4v) is 1.16. The third-order valence-electron chi connectivity index (χ3n) is 1.40. The molecule has 64 valence electrons. The number of nitrogens with two attached hydrogens (primary N) is 1. The number of nitrogens with zero attached hydrogens (tertiary/aromatic N) is 1.